The summed E-state index contributed by atoms with van der Waals surface area (Å²) >= 11 is 0. The van der Waals surface area contributed by atoms with Gasteiger partial charge >= 0.3 is 0 Å². The van der Waals surface area contributed by atoms with E-state index in [1.807, 2.05) is 12.3 Å². The lowest BCUT2D eigenvalue weighted by Gasteiger charge is -2.27. The summed E-state index contributed by atoms with van der Waals surface area (Å²) in [6.07, 6.45) is 5.74. The maximum atomic E-state index is 4.47. The average molecular weight is 191 g/mol. The monoisotopic (exact) mass is 191 g/mol. The van der Waals surface area contributed by atoms with Crippen molar-refractivity contribution in [3.05, 3.63) is 18.1 Å². The molecule has 2 rings (SSSR count). The molecule has 1 aromatic heterocycles. The van der Waals surface area contributed by atoms with E-state index in [-0.39, 0.29) is 0 Å². The first-order valence-electron chi connectivity index (χ1n) is 5.35. The summed E-state index contributed by atoms with van der Waals surface area (Å²) in [5.74, 6) is 2.31. The van der Waals surface area contributed by atoms with Gasteiger partial charge in [0.1, 0.15) is 11.6 Å². The summed E-state index contributed by atoms with van der Waals surface area (Å²) in [5, 5.41) is 3.42. The van der Waals surface area contributed by atoms with Crippen LogP contribution in [0.1, 0.15) is 44.9 Å². The predicted molar refractivity (Wildman–Crippen MR) is 57.4 cm³/mol. The Morgan fingerprint density at radius 3 is 2.79 bits per heavy atom. The van der Waals surface area contributed by atoms with Crippen molar-refractivity contribution in [3.63, 3.8) is 0 Å². The molecule has 1 saturated carbocycles. The molecule has 1 aliphatic carbocycles. The summed E-state index contributed by atoms with van der Waals surface area (Å²) in [5.41, 5.74) is 0. The van der Waals surface area contributed by atoms with Crippen LogP contribution in [0.4, 0.5) is 5.82 Å². The van der Waals surface area contributed by atoms with Gasteiger partial charge in [-0.15, -0.1) is 0 Å². The Morgan fingerprint density at radius 1 is 1.43 bits per heavy atom. The third kappa shape index (κ3) is 2.03. The molecule has 0 spiro atoms. The highest BCUT2D eigenvalue weighted by molar-refractivity contribution is 5.35. The summed E-state index contributed by atoms with van der Waals surface area (Å²) in [7, 11) is 0. The number of hydrogen-bond acceptors (Lipinski definition) is 3. The molecule has 1 aliphatic rings. The fraction of sp³-hybridized carbons (Fsp3) is 0.636. The van der Waals surface area contributed by atoms with E-state index >= 15 is 0 Å². The van der Waals surface area contributed by atoms with Gasteiger partial charge in [-0.2, -0.15) is 0 Å². The van der Waals surface area contributed by atoms with Crippen molar-refractivity contribution in [2.75, 3.05) is 5.32 Å². The molecule has 0 bridgehead atoms. The van der Waals surface area contributed by atoms with Gasteiger partial charge in [-0.25, -0.2) is 9.97 Å². The van der Waals surface area contributed by atoms with Gasteiger partial charge in [0.05, 0.1) is 0 Å². The predicted octanol–water partition coefficient (Wildman–Crippen LogP) is 2.56. The largest absolute Gasteiger partial charge is 0.367 e. The van der Waals surface area contributed by atoms with Crippen LogP contribution >= 0.6 is 0 Å². The second-order valence-electron chi connectivity index (χ2n) is 4.23. The van der Waals surface area contributed by atoms with Crippen molar-refractivity contribution < 1.29 is 0 Å². The molecule has 0 amide bonds. The van der Waals surface area contributed by atoms with Crippen LogP contribution in [-0.2, 0) is 0 Å². The molecule has 0 atom stereocenters. The Hall–Kier alpha value is -1.12. The quantitative estimate of drug-likeness (QED) is 0.798. The van der Waals surface area contributed by atoms with Gasteiger partial charge < -0.3 is 5.32 Å². The van der Waals surface area contributed by atoms with Crippen LogP contribution in [0, 0.1) is 0 Å². The van der Waals surface area contributed by atoms with E-state index in [0.717, 1.165) is 11.6 Å². The maximum absolute atomic E-state index is 4.47. The van der Waals surface area contributed by atoms with E-state index < -0.39 is 0 Å². The molecule has 1 N–H and O–H groups in total. The van der Waals surface area contributed by atoms with Crippen molar-refractivity contribution in [3.8, 4) is 0 Å². The lowest BCUT2D eigenvalue weighted by Crippen LogP contribution is -2.27. The fourth-order valence-electron chi connectivity index (χ4n) is 1.49. The van der Waals surface area contributed by atoms with Crippen molar-refractivity contribution in [1.82, 2.24) is 9.97 Å². The van der Waals surface area contributed by atoms with E-state index in [9.17, 15) is 0 Å². The van der Waals surface area contributed by atoms with Crippen molar-refractivity contribution >= 4 is 5.82 Å². The zero-order valence-electron chi connectivity index (χ0n) is 8.83. The normalized spacial score (nSPS) is 16.8. The zero-order valence-corrected chi connectivity index (χ0v) is 8.83. The highest BCUT2D eigenvalue weighted by Crippen LogP contribution is 2.22. The minimum Gasteiger partial charge on any atom is -0.367 e. The first kappa shape index (κ1) is 9.44. The molecule has 0 radical (unpaired) electrons. The minimum absolute atomic E-state index is 0.401. The molecule has 14 heavy (non-hydrogen) atoms. The van der Waals surface area contributed by atoms with Gasteiger partial charge in [-0.05, 0) is 25.3 Å². The SMILES string of the molecule is CC(C)c1nccc(NC2CCC2)n1. The third-order valence-electron chi connectivity index (χ3n) is 2.65. The highest BCUT2D eigenvalue weighted by atomic mass is 15.1. The van der Waals surface area contributed by atoms with Crippen LogP contribution in [-0.4, -0.2) is 16.0 Å². The molecular weight excluding hydrogens is 174 g/mol. The van der Waals surface area contributed by atoms with E-state index in [1.54, 1.807) is 0 Å². The second-order valence-corrected chi connectivity index (χ2v) is 4.23. The van der Waals surface area contributed by atoms with E-state index in [2.05, 4.69) is 29.1 Å². The van der Waals surface area contributed by atoms with E-state index in [4.69, 9.17) is 0 Å². The molecule has 1 aromatic rings. The Labute approximate surface area is 85.0 Å². The molecule has 3 heteroatoms. The summed E-state index contributed by atoms with van der Waals surface area (Å²) < 4.78 is 0. The van der Waals surface area contributed by atoms with Crippen LogP contribution in [0.2, 0.25) is 0 Å². The average Bonchev–Trinajstić information content (AvgIpc) is 2.12. The molecule has 1 heterocycles. The highest BCUT2D eigenvalue weighted by Gasteiger charge is 2.17. The van der Waals surface area contributed by atoms with E-state index in [1.165, 1.54) is 19.3 Å². The van der Waals surface area contributed by atoms with Gasteiger partial charge in [-0.1, -0.05) is 13.8 Å². The lowest BCUT2D eigenvalue weighted by atomic mass is 9.93. The topological polar surface area (TPSA) is 37.8 Å². The molecule has 0 aliphatic heterocycles. The summed E-state index contributed by atoms with van der Waals surface area (Å²) in [6.45, 7) is 4.23. The van der Waals surface area contributed by atoms with Crippen LogP contribution < -0.4 is 5.32 Å². The second kappa shape index (κ2) is 3.95. The van der Waals surface area contributed by atoms with Crippen molar-refractivity contribution in [2.24, 2.45) is 0 Å². The van der Waals surface area contributed by atoms with Gasteiger partial charge in [0.15, 0.2) is 0 Å². The van der Waals surface area contributed by atoms with E-state index in [0.29, 0.717) is 12.0 Å². The van der Waals surface area contributed by atoms with Gasteiger partial charge in [0.25, 0.3) is 0 Å². The number of nitrogens with one attached hydrogen (secondary N) is 1. The summed E-state index contributed by atoms with van der Waals surface area (Å²) in [4.78, 5) is 8.71. The Morgan fingerprint density at radius 2 is 2.21 bits per heavy atom. The Bertz CT molecular complexity index is 305. The Kier molecular flexibility index (Phi) is 2.66. The fourth-order valence-corrected chi connectivity index (χ4v) is 1.49. The first-order valence-corrected chi connectivity index (χ1v) is 5.35. The number of nitrogens with zero attached hydrogens (tertiary/aromatic N) is 2. The third-order valence-corrected chi connectivity index (χ3v) is 2.65. The molecule has 3 nitrogen and oxygen atoms in total. The van der Waals surface area contributed by atoms with Crippen molar-refractivity contribution in [2.45, 2.75) is 45.1 Å². The molecule has 0 unspecified atom stereocenters. The van der Waals surface area contributed by atoms with Crippen molar-refractivity contribution in [1.29, 1.82) is 0 Å². The minimum atomic E-state index is 0.401. The van der Waals surface area contributed by atoms with Gasteiger partial charge in [0, 0.05) is 18.2 Å². The van der Waals surface area contributed by atoms with Gasteiger partial charge in [0.2, 0.25) is 0 Å². The number of aromatic nitrogens is 2. The zero-order chi connectivity index (χ0) is 9.97. The van der Waals surface area contributed by atoms with Crippen LogP contribution in [0.25, 0.3) is 0 Å². The first-order chi connectivity index (χ1) is 6.75. The molecule has 76 valence electrons. The lowest BCUT2D eigenvalue weighted by molar-refractivity contribution is 0.444. The van der Waals surface area contributed by atoms with Gasteiger partial charge in [-0.3, -0.25) is 0 Å². The van der Waals surface area contributed by atoms with Crippen LogP contribution in [0.5, 0.6) is 0 Å². The number of hydrogen-bond donors (Lipinski definition) is 1. The molecule has 0 aromatic carbocycles. The smallest absolute Gasteiger partial charge is 0.133 e. The maximum Gasteiger partial charge on any atom is 0.133 e. The van der Waals surface area contributed by atoms with Crippen LogP contribution in [0.3, 0.4) is 0 Å². The molecule has 0 saturated heterocycles. The molecule has 1 fully saturated rings. The summed E-state index contributed by atoms with van der Waals surface area (Å²) in [6, 6.07) is 2.59. The number of anilines is 1. The number of rotatable bonds is 3. The Balaban J connectivity index is 2.05. The van der Waals surface area contributed by atoms with Crippen LogP contribution in [0.15, 0.2) is 12.3 Å². The molecular formula is C11H17N3. The standard InChI is InChI=1S/C11H17N3/c1-8(2)11-12-7-6-10(14-11)13-9-4-3-5-9/h6-9H,3-5H2,1-2H3,(H,12,13,14).